The third kappa shape index (κ3) is 9.93. The quantitative estimate of drug-likeness (QED) is 0.139. The van der Waals surface area contributed by atoms with Crippen molar-refractivity contribution < 1.29 is 28.7 Å². The number of likely N-dealkylation sites (tertiary alicyclic amines) is 2. The van der Waals surface area contributed by atoms with Crippen molar-refractivity contribution >= 4 is 46.1 Å². The number of nitrogens with one attached hydrogen (secondary N) is 2. The van der Waals surface area contributed by atoms with Gasteiger partial charge in [-0.3, -0.25) is 29.3 Å². The Morgan fingerprint density at radius 3 is 2.27 bits per heavy atom. The minimum Gasteiger partial charge on any atom is -0.489 e. The van der Waals surface area contributed by atoms with Gasteiger partial charge in [-0.05, 0) is 112 Å². The summed E-state index contributed by atoms with van der Waals surface area (Å²) >= 11 is 6.25. The van der Waals surface area contributed by atoms with Crippen LogP contribution in [0.4, 0.5) is 0 Å². The van der Waals surface area contributed by atoms with Gasteiger partial charge in [0.25, 0.3) is 23.3 Å². The standard InChI is InChI=1S/C50H55ClN8O7/c1-49(2)47(50(3,4)48(49)66-37-13-12-35(28-52)39(51)27-37)54-44(62)34-10-8-31(9-11-34)6-5-7-32-18-22-57(23-19-32)29-33-20-24-58(25-21-33)43(61)30-65-36-14-15-40-38(26-36)46(64)59(56-55-40)41-16-17-42(60)53-45(41)63/h8-15,26-27,32-33,41,47-48H,7,16-25,29-30H2,1-4H3,(H,54,62)(H,53,60,63)/t41?,47-,48-. The molecule has 8 rings (SSSR count). The third-order valence-corrected chi connectivity index (χ3v) is 14.2. The molecule has 1 unspecified atom stereocenters. The summed E-state index contributed by atoms with van der Waals surface area (Å²) < 4.78 is 13.2. The zero-order valence-electron chi connectivity index (χ0n) is 37.8. The molecule has 4 heterocycles. The second-order valence-corrected chi connectivity index (χ2v) is 19.6. The average molecular weight is 915 g/mol. The van der Waals surface area contributed by atoms with Crippen LogP contribution in [0.5, 0.6) is 11.5 Å². The van der Waals surface area contributed by atoms with E-state index >= 15 is 0 Å². The Labute approximate surface area is 389 Å². The lowest BCUT2D eigenvalue weighted by Crippen LogP contribution is -2.74. The predicted molar refractivity (Wildman–Crippen MR) is 247 cm³/mol. The van der Waals surface area contributed by atoms with E-state index in [1.165, 1.54) is 6.07 Å². The molecule has 1 atom stereocenters. The number of carbonyl (C=O) groups excluding carboxylic acids is 4. The third-order valence-electron chi connectivity index (χ3n) is 13.9. The van der Waals surface area contributed by atoms with Gasteiger partial charge in [-0.2, -0.15) is 9.94 Å². The Balaban J connectivity index is 0.733. The van der Waals surface area contributed by atoms with Gasteiger partial charge in [0.05, 0.1) is 16.0 Å². The van der Waals surface area contributed by atoms with E-state index in [0.717, 1.165) is 62.0 Å². The van der Waals surface area contributed by atoms with Gasteiger partial charge in [-0.15, -0.1) is 5.10 Å². The van der Waals surface area contributed by atoms with E-state index in [9.17, 15) is 29.2 Å². The summed E-state index contributed by atoms with van der Waals surface area (Å²) in [4.78, 5) is 68.1. The molecule has 4 aromatic rings. The van der Waals surface area contributed by atoms with Crippen molar-refractivity contribution in [1.82, 2.24) is 35.4 Å². The number of nitrogens with zero attached hydrogens (tertiary/aromatic N) is 6. The van der Waals surface area contributed by atoms with Crippen LogP contribution >= 0.6 is 11.6 Å². The van der Waals surface area contributed by atoms with Crippen LogP contribution in [0.15, 0.2) is 65.5 Å². The number of imide groups is 1. The normalized spacial score (nSPS) is 22.0. The highest BCUT2D eigenvalue weighted by Gasteiger charge is 2.64. The van der Waals surface area contributed by atoms with Crippen LogP contribution in [0.2, 0.25) is 5.02 Å². The minimum atomic E-state index is -0.928. The molecule has 3 aromatic carbocycles. The lowest BCUT2D eigenvalue weighted by molar-refractivity contribution is -0.164. The maximum absolute atomic E-state index is 13.4. The van der Waals surface area contributed by atoms with Crippen LogP contribution in [0, 0.1) is 45.8 Å². The number of amides is 4. The zero-order valence-corrected chi connectivity index (χ0v) is 38.5. The Kier molecular flexibility index (Phi) is 13.5. The lowest BCUT2D eigenvalue weighted by Gasteiger charge is -2.63. The molecule has 0 radical (unpaired) electrons. The number of hydrogen-bond donors (Lipinski definition) is 2. The molecule has 4 aliphatic rings. The van der Waals surface area contributed by atoms with Gasteiger partial charge in [-0.25, -0.2) is 0 Å². The molecule has 1 aromatic heterocycles. The zero-order chi connectivity index (χ0) is 46.8. The van der Waals surface area contributed by atoms with E-state index < -0.39 is 17.5 Å². The smallest absolute Gasteiger partial charge is 0.278 e. The van der Waals surface area contributed by atoms with E-state index in [1.54, 1.807) is 30.3 Å². The Hall–Kier alpha value is -6.29. The summed E-state index contributed by atoms with van der Waals surface area (Å²) in [5, 5.41) is 23.3. The predicted octanol–water partition coefficient (Wildman–Crippen LogP) is 5.68. The molecule has 3 aliphatic heterocycles. The summed E-state index contributed by atoms with van der Waals surface area (Å²) in [6, 6.07) is 18.3. The van der Waals surface area contributed by atoms with Crippen LogP contribution in [-0.2, 0) is 14.4 Å². The van der Waals surface area contributed by atoms with Crippen molar-refractivity contribution in [3.8, 4) is 29.4 Å². The van der Waals surface area contributed by atoms with Crippen LogP contribution in [0.25, 0.3) is 10.9 Å². The first kappa shape index (κ1) is 46.2. The van der Waals surface area contributed by atoms with Crippen molar-refractivity contribution in [2.75, 3.05) is 39.3 Å². The van der Waals surface area contributed by atoms with Crippen LogP contribution in [0.1, 0.15) is 100 Å². The number of halogens is 1. The second kappa shape index (κ2) is 19.3. The van der Waals surface area contributed by atoms with Crippen molar-refractivity contribution in [1.29, 1.82) is 5.26 Å². The van der Waals surface area contributed by atoms with E-state index in [-0.39, 0.29) is 65.5 Å². The fourth-order valence-corrected chi connectivity index (χ4v) is 10.6. The molecule has 0 bridgehead atoms. The maximum atomic E-state index is 13.4. The van der Waals surface area contributed by atoms with Gasteiger partial charge in [0.1, 0.15) is 35.2 Å². The second-order valence-electron chi connectivity index (χ2n) is 19.2. The van der Waals surface area contributed by atoms with Gasteiger partial charge in [-0.1, -0.05) is 56.4 Å². The first-order valence-corrected chi connectivity index (χ1v) is 23.1. The minimum absolute atomic E-state index is 0.103. The maximum Gasteiger partial charge on any atom is 0.278 e. The summed E-state index contributed by atoms with van der Waals surface area (Å²) in [6.07, 6.45) is 4.94. The van der Waals surface area contributed by atoms with Crippen molar-refractivity contribution in [2.45, 2.75) is 90.8 Å². The van der Waals surface area contributed by atoms with Gasteiger partial charge in [0, 0.05) is 66.5 Å². The molecular formula is C50H55ClN8O7. The van der Waals surface area contributed by atoms with E-state index in [4.69, 9.17) is 21.1 Å². The topological polar surface area (TPSA) is 189 Å². The van der Waals surface area contributed by atoms with E-state index in [2.05, 4.69) is 71.5 Å². The molecule has 4 fully saturated rings. The highest BCUT2D eigenvalue weighted by molar-refractivity contribution is 6.31. The summed E-state index contributed by atoms with van der Waals surface area (Å²) in [7, 11) is 0. The number of fused-ring (bicyclic) bond motifs is 1. The fraction of sp³-hybridized carbons (Fsp3) is 0.480. The van der Waals surface area contributed by atoms with Crippen molar-refractivity contribution in [3.05, 3.63) is 92.7 Å². The molecule has 16 heteroatoms. The van der Waals surface area contributed by atoms with E-state index in [1.807, 2.05) is 29.2 Å². The lowest BCUT2D eigenvalue weighted by atomic mass is 9.49. The number of nitriles is 1. The Morgan fingerprint density at radius 2 is 1.59 bits per heavy atom. The Bertz CT molecular complexity index is 2670. The highest BCUT2D eigenvalue weighted by atomic mass is 35.5. The molecule has 4 amide bonds. The highest BCUT2D eigenvalue weighted by Crippen LogP contribution is 2.55. The summed E-state index contributed by atoms with van der Waals surface area (Å²) in [6.45, 7) is 12.6. The molecule has 3 saturated heterocycles. The molecule has 344 valence electrons. The number of rotatable bonds is 11. The molecule has 0 spiro atoms. The van der Waals surface area contributed by atoms with Crippen molar-refractivity contribution in [3.63, 3.8) is 0 Å². The number of benzene rings is 3. The largest absolute Gasteiger partial charge is 0.489 e. The van der Waals surface area contributed by atoms with Gasteiger partial charge < -0.3 is 24.6 Å². The van der Waals surface area contributed by atoms with E-state index in [0.29, 0.717) is 58.1 Å². The summed E-state index contributed by atoms with van der Waals surface area (Å²) in [5.41, 5.74) is 0.939. The number of aromatic nitrogens is 3. The van der Waals surface area contributed by atoms with Gasteiger partial charge in [0.15, 0.2) is 6.61 Å². The Morgan fingerprint density at radius 1 is 0.894 bits per heavy atom. The first-order valence-electron chi connectivity index (χ1n) is 22.7. The molecule has 1 saturated carbocycles. The number of ether oxygens (including phenoxy) is 2. The molecule has 2 N–H and O–H groups in total. The molecule has 66 heavy (non-hydrogen) atoms. The average Bonchev–Trinajstić information content (AvgIpc) is 3.30. The fourth-order valence-electron chi connectivity index (χ4n) is 10.4. The van der Waals surface area contributed by atoms with Gasteiger partial charge >= 0.3 is 0 Å². The number of hydrogen-bond acceptors (Lipinski definition) is 11. The first-order chi connectivity index (χ1) is 31.6. The SMILES string of the molecule is CC1(C)[C@H](NC(=O)c2ccc(C#CCC3CCN(CC4CCN(C(=O)COc5ccc6nnn(C7CCC(=O)NC7=O)c(=O)c6c5)CC4)CC3)cc2)C(C)(C)[C@H]1Oc1ccc(C#N)c(Cl)c1. The monoisotopic (exact) mass is 914 g/mol. The molecule has 1 aliphatic carbocycles. The van der Waals surface area contributed by atoms with Gasteiger partial charge in [0.2, 0.25) is 5.91 Å². The van der Waals surface area contributed by atoms with Crippen LogP contribution in [0.3, 0.4) is 0 Å². The van der Waals surface area contributed by atoms with Crippen LogP contribution < -0.4 is 25.7 Å². The van der Waals surface area contributed by atoms with Crippen molar-refractivity contribution in [2.24, 2.45) is 22.7 Å². The number of piperidine rings is 3. The molecular weight excluding hydrogens is 860 g/mol. The summed E-state index contributed by atoms with van der Waals surface area (Å²) in [5.74, 6) is 7.44. The van der Waals surface area contributed by atoms with Crippen LogP contribution in [-0.4, -0.2) is 99.9 Å². The number of carbonyl (C=O) groups is 4. The molecule has 15 nitrogen and oxygen atoms in total.